The van der Waals surface area contributed by atoms with Crippen LogP contribution in [0.25, 0.3) is 16.0 Å². The molecule has 0 radical (unpaired) electrons. The Morgan fingerprint density at radius 3 is 2.62 bits per heavy atom. The molecule has 170 valence electrons. The zero-order valence-electron chi connectivity index (χ0n) is 18.5. The van der Waals surface area contributed by atoms with Gasteiger partial charge in [0.15, 0.2) is 0 Å². The van der Waals surface area contributed by atoms with Gasteiger partial charge in [0.2, 0.25) is 5.90 Å². The summed E-state index contributed by atoms with van der Waals surface area (Å²) < 4.78 is 5.87. The van der Waals surface area contributed by atoms with E-state index in [4.69, 9.17) is 16.3 Å². The highest BCUT2D eigenvalue weighted by Crippen LogP contribution is 2.36. The van der Waals surface area contributed by atoms with Gasteiger partial charge in [-0.05, 0) is 66.8 Å². The number of nitrogens with zero attached hydrogens (tertiary/aromatic N) is 2. The van der Waals surface area contributed by atoms with Crippen LogP contribution in [-0.2, 0) is 4.74 Å². The Labute approximate surface area is 198 Å². The summed E-state index contributed by atoms with van der Waals surface area (Å²) in [6, 6.07) is 7.66. The maximum atomic E-state index is 12.8. The molecule has 2 aliphatic rings. The second kappa shape index (κ2) is 10.2. The number of amides is 1. The van der Waals surface area contributed by atoms with E-state index in [1.54, 1.807) is 29.4 Å². The fraction of sp³-hybridized carbons (Fsp3) is 0.440. The number of ether oxygens (including phenoxy) is 1. The first-order valence-electron chi connectivity index (χ1n) is 11.2. The number of hydrogen-bond acceptors (Lipinski definition) is 5. The molecule has 1 aliphatic heterocycles. The Morgan fingerprint density at radius 1 is 1.25 bits per heavy atom. The van der Waals surface area contributed by atoms with Crippen molar-refractivity contribution >= 4 is 40.3 Å². The van der Waals surface area contributed by atoms with E-state index in [0.29, 0.717) is 48.5 Å². The number of halogens is 1. The SMILES string of the molecule is CC/C(=C\C(=NC)OC1CC1)c1csc(-c2ccc(C(=O)N3CCC(O)CC3)cc2Cl)c1. The van der Waals surface area contributed by atoms with Gasteiger partial charge in [-0.1, -0.05) is 24.6 Å². The second-order valence-electron chi connectivity index (χ2n) is 8.32. The molecule has 32 heavy (non-hydrogen) atoms. The minimum Gasteiger partial charge on any atom is -0.475 e. The largest absolute Gasteiger partial charge is 0.475 e. The molecule has 2 aromatic rings. The number of hydrogen-bond donors (Lipinski definition) is 1. The number of carbonyl (C=O) groups excluding carboxylic acids is 1. The molecule has 1 amide bonds. The van der Waals surface area contributed by atoms with Crippen molar-refractivity contribution in [1.29, 1.82) is 0 Å². The van der Waals surface area contributed by atoms with Crippen LogP contribution >= 0.6 is 22.9 Å². The van der Waals surface area contributed by atoms with E-state index in [1.807, 2.05) is 18.2 Å². The average Bonchev–Trinajstić information content (AvgIpc) is 3.49. The summed E-state index contributed by atoms with van der Waals surface area (Å²) in [6.07, 6.45) is 6.37. The quantitative estimate of drug-likeness (QED) is 0.435. The van der Waals surface area contributed by atoms with Crippen molar-refractivity contribution in [2.45, 2.75) is 51.2 Å². The molecule has 0 bridgehead atoms. The molecular weight excluding hydrogens is 444 g/mol. The number of aliphatic hydroxyl groups excluding tert-OH is 1. The third-order valence-electron chi connectivity index (χ3n) is 5.91. The second-order valence-corrected chi connectivity index (χ2v) is 9.64. The highest BCUT2D eigenvalue weighted by molar-refractivity contribution is 7.13. The molecule has 1 N–H and O–H groups in total. The lowest BCUT2D eigenvalue weighted by molar-refractivity contribution is 0.0546. The molecule has 1 aromatic carbocycles. The summed E-state index contributed by atoms with van der Waals surface area (Å²) in [5.41, 5.74) is 3.81. The van der Waals surface area contributed by atoms with Crippen LogP contribution in [0.5, 0.6) is 0 Å². The van der Waals surface area contributed by atoms with E-state index in [-0.39, 0.29) is 12.0 Å². The Balaban J connectivity index is 1.51. The first-order valence-corrected chi connectivity index (χ1v) is 12.4. The van der Waals surface area contributed by atoms with E-state index in [9.17, 15) is 9.90 Å². The van der Waals surface area contributed by atoms with Crippen molar-refractivity contribution in [1.82, 2.24) is 4.90 Å². The number of aliphatic imine (C=N–C) groups is 1. The van der Waals surface area contributed by atoms with Gasteiger partial charge >= 0.3 is 0 Å². The lowest BCUT2D eigenvalue weighted by atomic mass is 10.0. The Morgan fingerprint density at radius 2 is 2.00 bits per heavy atom. The molecule has 0 unspecified atom stereocenters. The van der Waals surface area contributed by atoms with E-state index in [1.165, 1.54) is 5.57 Å². The lowest BCUT2D eigenvalue weighted by Crippen LogP contribution is -2.40. The number of carbonyl (C=O) groups is 1. The van der Waals surface area contributed by atoms with E-state index in [0.717, 1.165) is 35.3 Å². The first kappa shape index (κ1) is 23.0. The Kier molecular flexibility index (Phi) is 7.33. The zero-order valence-corrected chi connectivity index (χ0v) is 20.1. The molecule has 7 heteroatoms. The first-order chi connectivity index (χ1) is 15.5. The van der Waals surface area contributed by atoms with Gasteiger partial charge in [-0.2, -0.15) is 0 Å². The van der Waals surface area contributed by atoms with Crippen molar-refractivity contribution in [2.75, 3.05) is 20.1 Å². The molecular formula is C25H29ClN2O3S. The van der Waals surface area contributed by atoms with Crippen molar-refractivity contribution in [3.05, 3.63) is 51.9 Å². The maximum Gasteiger partial charge on any atom is 0.253 e. The molecule has 5 nitrogen and oxygen atoms in total. The summed E-state index contributed by atoms with van der Waals surface area (Å²) in [4.78, 5) is 19.9. The van der Waals surface area contributed by atoms with Gasteiger partial charge in [0.05, 0.1) is 11.1 Å². The van der Waals surface area contributed by atoms with Crippen molar-refractivity contribution in [2.24, 2.45) is 4.99 Å². The molecule has 1 aromatic heterocycles. The minimum atomic E-state index is -0.306. The van der Waals surface area contributed by atoms with Crippen LogP contribution in [-0.4, -0.2) is 54.2 Å². The summed E-state index contributed by atoms with van der Waals surface area (Å²) in [7, 11) is 1.76. The van der Waals surface area contributed by atoms with Crippen LogP contribution < -0.4 is 0 Å². The smallest absolute Gasteiger partial charge is 0.253 e. The predicted molar refractivity (Wildman–Crippen MR) is 132 cm³/mol. The number of likely N-dealkylation sites (tertiary alicyclic amines) is 1. The van der Waals surface area contributed by atoms with E-state index < -0.39 is 0 Å². The number of piperidine rings is 1. The molecule has 2 fully saturated rings. The normalized spacial score (nSPS) is 18.2. The number of benzene rings is 1. The van der Waals surface area contributed by atoms with Gasteiger partial charge in [0.1, 0.15) is 6.10 Å². The lowest BCUT2D eigenvalue weighted by Gasteiger charge is -2.29. The molecule has 2 heterocycles. The van der Waals surface area contributed by atoms with Gasteiger partial charge in [-0.25, -0.2) is 0 Å². The predicted octanol–water partition coefficient (Wildman–Crippen LogP) is 5.67. The zero-order chi connectivity index (χ0) is 22.7. The van der Waals surface area contributed by atoms with Crippen LogP contribution in [0, 0.1) is 0 Å². The van der Waals surface area contributed by atoms with Gasteiger partial charge in [0.25, 0.3) is 5.91 Å². The fourth-order valence-corrected chi connectivity index (χ4v) is 5.10. The van der Waals surface area contributed by atoms with E-state index >= 15 is 0 Å². The third kappa shape index (κ3) is 5.42. The van der Waals surface area contributed by atoms with Crippen LogP contribution in [0.3, 0.4) is 0 Å². The summed E-state index contributed by atoms with van der Waals surface area (Å²) in [5, 5.41) is 12.4. The van der Waals surface area contributed by atoms with Crippen LogP contribution in [0.2, 0.25) is 5.02 Å². The summed E-state index contributed by atoms with van der Waals surface area (Å²) in [5.74, 6) is 0.652. The van der Waals surface area contributed by atoms with Gasteiger partial charge < -0.3 is 14.7 Å². The highest BCUT2D eigenvalue weighted by Gasteiger charge is 2.25. The number of rotatable bonds is 6. The number of aliphatic hydroxyl groups is 1. The van der Waals surface area contributed by atoms with Crippen LogP contribution in [0.4, 0.5) is 0 Å². The molecule has 1 aliphatic carbocycles. The van der Waals surface area contributed by atoms with Gasteiger partial charge in [0, 0.05) is 42.2 Å². The molecule has 0 atom stereocenters. The molecule has 0 spiro atoms. The third-order valence-corrected chi connectivity index (χ3v) is 7.19. The highest BCUT2D eigenvalue weighted by atomic mass is 35.5. The molecule has 1 saturated heterocycles. The van der Waals surface area contributed by atoms with Crippen LogP contribution in [0.1, 0.15) is 54.9 Å². The Hall–Kier alpha value is -2.15. The van der Waals surface area contributed by atoms with Crippen molar-refractivity contribution < 1.29 is 14.6 Å². The number of thiophene rings is 1. The fourth-order valence-electron chi connectivity index (χ4n) is 3.79. The average molecular weight is 473 g/mol. The number of allylic oxidation sites excluding steroid dienone is 1. The Bertz CT molecular complexity index is 1030. The summed E-state index contributed by atoms with van der Waals surface area (Å²) in [6.45, 7) is 3.28. The molecule has 1 saturated carbocycles. The molecule has 4 rings (SSSR count). The van der Waals surface area contributed by atoms with Crippen molar-refractivity contribution in [3.63, 3.8) is 0 Å². The maximum absolute atomic E-state index is 12.8. The monoisotopic (exact) mass is 472 g/mol. The minimum absolute atomic E-state index is 0.0320. The van der Waals surface area contributed by atoms with Crippen molar-refractivity contribution in [3.8, 4) is 10.4 Å². The van der Waals surface area contributed by atoms with Crippen LogP contribution in [0.15, 0.2) is 40.7 Å². The summed E-state index contributed by atoms with van der Waals surface area (Å²) >= 11 is 8.24. The van der Waals surface area contributed by atoms with E-state index in [2.05, 4.69) is 23.4 Å². The van der Waals surface area contributed by atoms with Gasteiger partial charge in [-0.3, -0.25) is 9.79 Å². The van der Waals surface area contributed by atoms with Gasteiger partial charge in [-0.15, -0.1) is 11.3 Å². The standard InChI is InChI=1S/C25H29ClN2O3S/c1-3-16(14-24(27-2)31-20-5-6-20)18-13-23(32-15-18)21-7-4-17(12-22(21)26)25(30)28-10-8-19(29)9-11-28/h4,7,12-15,19-20,29H,3,5-6,8-11H2,1-2H3/b16-14+,27-24?. The topological polar surface area (TPSA) is 62.1 Å².